The van der Waals surface area contributed by atoms with Gasteiger partial charge in [0.2, 0.25) is 0 Å². The SMILES string of the molecule is O=C(/C=C/[C@@H](Oc1ccccc1)[C@H](OC(=O)Nc1ccc(Br)cc1)c1ccc(OCCO)cc1)NO. The molecule has 0 aliphatic heterocycles. The van der Waals surface area contributed by atoms with Crippen molar-refractivity contribution in [3.63, 3.8) is 0 Å². The van der Waals surface area contributed by atoms with Gasteiger partial charge in [-0.05, 0) is 60.2 Å². The lowest BCUT2D eigenvalue weighted by molar-refractivity contribution is -0.124. The van der Waals surface area contributed by atoms with Crippen LogP contribution in [-0.2, 0) is 9.53 Å². The first-order chi connectivity index (χ1) is 17.5. The molecule has 0 unspecified atom stereocenters. The number of nitrogens with one attached hydrogen (secondary N) is 2. The van der Waals surface area contributed by atoms with E-state index in [9.17, 15) is 9.59 Å². The summed E-state index contributed by atoms with van der Waals surface area (Å²) in [4.78, 5) is 24.5. The molecule has 2 amide bonds. The lowest BCUT2D eigenvalue weighted by atomic mass is 10.0. The second kappa shape index (κ2) is 13.9. The summed E-state index contributed by atoms with van der Waals surface area (Å²) in [5, 5.41) is 20.5. The molecule has 0 heterocycles. The zero-order valence-electron chi connectivity index (χ0n) is 19.0. The maximum Gasteiger partial charge on any atom is 0.412 e. The Labute approximate surface area is 216 Å². The smallest absolute Gasteiger partial charge is 0.412 e. The van der Waals surface area contributed by atoms with Gasteiger partial charge in [0.15, 0.2) is 12.2 Å². The van der Waals surface area contributed by atoms with E-state index in [2.05, 4.69) is 21.2 Å². The third kappa shape index (κ3) is 8.42. The van der Waals surface area contributed by atoms with Crippen molar-refractivity contribution < 1.29 is 34.1 Å². The molecule has 9 nitrogen and oxygen atoms in total. The quantitative estimate of drug-likeness (QED) is 0.154. The molecule has 188 valence electrons. The molecule has 0 bridgehead atoms. The second-order valence-electron chi connectivity index (χ2n) is 7.33. The molecule has 4 N–H and O–H groups in total. The average molecular weight is 557 g/mol. The highest BCUT2D eigenvalue weighted by molar-refractivity contribution is 9.10. The predicted octanol–water partition coefficient (Wildman–Crippen LogP) is 4.62. The van der Waals surface area contributed by atoms with E-state index < -0.39 is 24.2 Å². The minimum Gasteiger partial charge on any atom is -0.491 e. The van der Waals surface area contributed by atoms with Crippen LogP contribution < -0.4 is 20.3 Å². The summed E-state index contributed by atoms with van der Waals surface area (Å²) in [6, 6.07) is 22.5. The zero-order valence-corrected chi connectivity index (χ0v) is 20.6. The number of carbonyl (C=O) groups excluding carboxylic acids is 2. The maximum absolute atomic E-state index is 12.8. The summed E-state index contributed by atoms with van der Waals surface area (Å²) in [5.74, 6) is 0.213. The van der Waals surface area contributed by atoms with Gasteiger partial charge in [0.25, 0.3) is 5.91 Å². The van der Waals surface area contributed by atoms with Crippen LogP contribution in [0.4, 0.5) is 10.5 Å². The van der Waals surface area contributed by atoms with Crippen LogP contribution in [-0.4, -0.2) is 41.6 Å². The molecule has 0 aromatic heterocycles. The maximum atomic E-state index is 12.8. The van der Waals surface area contributed by atoms with Gasteiger partial charge in [0, 0.05) is 16.2 Å². The van der Waals surface area contributed by atoms with Gasteiger partial charge < -0.3 is 19.3 Å². The molecule has 3 rings (SSSR count). The minimum atomic E-state index is -1.00. The molecule has 0 spiro atoms. The molecule has 0 saturated heterocycles. The van der Waals surface area contributed by atoms with Gasteiger partial charge in [-0.2, -0.15) is 0 Å². The van der Waals surface area contributed by atoms with Crippen molar-refractivity contribution in [2.24, 2.45) is 0 Å². The fraction of sp³-hybridized carbons (Fsp3) is 0.154. The summed E-state index contributed by atoms with van der Waals surface area (Å²) < 4.78 is 18.1. The summed E-state index contributed by atoms with van der Waals surface area (Å²) in [6.07, 6.45) is -0.244. The second-order valence-corrected chi connectivity index (χ2v) is 8.25. The molecule has 0 aliphatic carbocycles. The zero-order chi connectivity index (χ0) is 25.8. The highest BCUT2D eigenvalue weighted by atomic mass is 79.9. The highest BCUT2D eigenvalue weighted by Crippen LogP contribution is 2.29. The van der Waals surface area contributed by atoms with Gasteiger partial charge in [-0.1, -0.05) is 46.3 Å². The van der Waals surface area contributed by atoms with Gasteiger partial charge in [-0.25, -0.2) is 10.3 Å². The van der Waals surface area contributed by atoms with Crippen LogP contribution in [0, 0.1) is 0 Å². The van der Waals surface area contributed by atoms with E-state index in [0.29, 0.717) is 22.7 Å². The average Bonchev–Trinajstić information content (AvgIpc) is 2.90. The Morgan fingerprint density at radius 3 is 2.28 bits per heavy atom. The van der Waals surface area contributed by atoms with Crippen molar-refractivity contribution in [1.82, 2.24) is 5.48 Å². The summed E-state index contributed by atoms with van der Waals surface area (Å²) in [5.41, 5.74) is 2.59. The number of hydrogen-bond acceptors (Lipinski definition) is 7. The van der Waals surface area contributed by atoms with Gasteiger partial charge in [0.1, 0.15) is 18.1 Å². The molecule has 0 saturated carbocycles. The number of para-hydroxylation sites is 1. The van der Waals surface area contributed by atoms with Gasteiger partial charge in [0.05, 0.1) is 6.61 Å². The fourth-order valence-electron chi connectivity index (χ4n) is 3.12. The number of anilines is 1. The summed E-state index contributed by atoms with van der Waals surface area (Å²) in [6.45, 7) is 0.00203. The molecular formula is C26H25BrN2O7. The largest absolute Gasteiger partial charge is 0.491 e. The number of amides is 2. The molecule has 3 aromatic carbocycles. The summed E-state index contributed by atoms with van der Waals surface area (Å²) >= 11 is 3.35. The first kappa shape index (κ1) is 26.7. The number of hydroxylamine groups is 1. The van der Waals surface area contributed by atoms with E-state index in [4.69, 9.17) is 24.5 Å². The Hall–Kier alpha value is -3.86. The lowest BCUT2D eigenvalue weighted by Gasteiger charge is -2.26. The Morgan fingerprint density at radius 1 is 0.944 bits per heavy atom. The first-order valence-corrected chi connectivity index (χ1v) is 11.7. The molecule has 2 atom stereocenters. The number of rotatable bonds is 11. The van der Waals surface area contributed by atoms with Crippen molar-refractivity contribution in [1.29, 1.82) is 0 Å². The molecule has 0 aliphatic rings. The molecule has 36 heavy (non-hydrogen) atoms. The molecule has 0 fully saturated rings. The van der Waals surface area contributed by atoms with Crippen LogP contribution in [0.5, 0.6) is 11.5 Å². The van der Waals surface area contributed by atoms with Crippen molar-refractivity contribution >= 4 is 33.6 Å². The van der Waals surface area contributed by atoms with Crippen LogP contribution in [0.1, 0.15) is 11.7 Å². The third-order valence-corrected chi connectivity index (χ3v) is 5.28. The fourth-order valence-corrected chi connectivity index (χ4v) is 3.38. The number of aliphatic hydroxyl groups is 1. The number of hydrogen-bond donors (Lipinski definition) is 4. The Bertz CT molecular complexity index is 1140. The van der Waals surface area contributed by atoms with Crippen LogP contribution in [0.15, 0.2) is 95.5 Å². The van der Waals surface area contributed by atoms with Crippen molar-refractivity contribution in [3.8, 4) is 11.5 Å². The number of halogens is 1. The van der Waals surface area contributed by atoms with E-state index in [1.54, 1.807) is 72.8 Å². The standard InChI is InChI=1S/C26H25BrN2O7/c27-19-8-10-20(11-9-19)28-26(32)36-25(18-6-12-21(13-7-18)34-17-16-30)23(14-15-24(31)29-33)35-22-4-2-1-3-5-22/h1-15,23,25,30,33H,16-17H2,(H,28,32)(H,29,31)/b15-14+/t23-,25-/m1/s1. The van der Waals surface area contributed by atoms with E-state index in [-0.39, 0.29) is 13.2 Å². The lowest BCUT2D eigenvalue weighted by Crippen LogP contribution is -2.30. The van der Waals surface area contributed by atoms with Crippen LogP contribution in [0.2, 0.25) is 0 Å². The van der Waals surface area contributed by atoms with E-state index in [0.717, 1.165) is 10.5 Å². The highest BCUT2D eigenvalue weighted by Gasteiger charge is 2.28. The van der Waals surface area contributed by atoms with Gasteiger partial charge >= 0.3 is 6.09 Å². The Morgan fingerprint density at radius 2 is 1.64 bits per heavy atom. The Kier molecular flexibility index (Phi) is 10.3. The molecule has 10 heteroatoms. The van der Waals surface area contributed by atoms with E-state index in [1.165, 1.54) is 11.6 Å². The topological polar surface area (TPSA) is 126 Å². The van der Waals surface area contributed by atoms with E-state index in [1.807, 2.05) is 6.07 Å². The van der Waals surface area contributed by atoms with E-state index >= 15 is 0 Å². The van der Waals surface area contributed by atoms with Crippen LogP contribution in [0.3, 0.4) is 0 Å². The minimum absolute atomic E-state index is 0.131. The molecule has 0 radical (unpaired) electrons. The van der Waals surface area contributed by atoms with Gasteiger partial charge in [-0.3, -0.25) is 15.3 Å². The predicted molar refractivity (Wildman–Crippen MR) is 136 cm³/mol. The molecule has 3 aromatic rings. The number of ether oxygens (including phenoxy) is 3. The normalized spacial score (nSPS) is 12.4. The number of carbonyl (C=O) groups is 2. The third-order valence-electron chi connectivity index (χ3n) is 4.75. The number of benzene rings is 3. The summed E-state index contributed by atoms with van der Waals surface area (Å²) in [7, 11) is 0. The van der Waals surface area contributed by atoms with Gasteiger partial charge in [-0.15, -0.1) is 0 Å². The molecular weight excluding hydrogens is 532 g/mol. The first-order valence-electron chi connectivity index (χ1n) is 10.9. The van der Waals surface area contributed by atoms with Crippen molar-refractivity contribution in [3.05, 3.63) is 101 Å². The van der Waals surface area contributed by atoms with Crippen LogP contribution in [0.25, 0.3) is 0 Å². The Balaban J connectivity index is 1.91. The van der Waals surface area contributed by atoms with Crippen LogP contribution >= 0.6 is 15.9 Å². The monoisotopic (exact) mass is 556 g/mol. The van der Waals surface area contributed by atoms with Crippen molar-refractivity contribution in [2.45, 2.75) is 12.2 Å². The number of aliphatic hydroxyl groups excluding tert-OH is 1. The van der Waals surface area contributed by atoms with Crippen molar-refractivity contribution in [2.75, 3.05) is 18.5 Å².